The monoisotopic (exact) mass is 200 g/mol. The van der Waals surface area contributed by atoms with Crippen LogP contribution in [0.5, 0.6) is 0 Å². The lowest BCUT2D eigenvalue weighted by Crippen LogP contribution is -2.38. The predicted molar refractivity (Wildman–Crippen MR) is 50.5 cm³/mol. The first-order valence-electron chi connectivity index (χ1n) is 4.54. The van der Waals surface area contributed by atoms with E-state index in [4.69, 9.17) is 15.1 Å². The van der Waals surface area contributed by atoms with Gasteiger partial charge in [-0.2, -0.15) is 5.26 Å². The zero-order chi connectivity index (χ0) is 11.0. The molecule has 0 heterocycles. The minimum Gasteiger partial charge on any atom is -0.447 e. The van der Waals surface area contributed by atoms with Crippen LogP contribution in [0.4, 0.5) is 4.79 Å². The van der Waals surface area contributed by atoms with Gasteiger partial charge in [-0.3, -0.25) is 0 Å². The van der Waals surface area contributed by atoms with E-state index in [1.807, 2.05) is 19.9 Å². The molecule has 80 valence electrons. The lowest BCUT2D eigenvalue weighted by molar-refractivity contribution is 0.0763. The summed E-state index contributed by atoms with van der Waals surface area (Å²) >= 11 is 0. The zero-order valence-corrected chi connectivity index (χ0v) is 8.56. The van der Waals surface area contributed by atoms with Crippen LogP contribution in [0.25, 0.3) is 0 Å². The van der Waals surface area contributed by atoms with E-state index >= 15 is 0 Å². The Balaban J connectivity index is 4.06. The highest BCUT2D eigenvalue weighted by Gasteiger charge is 2.17. The van der Waals surface area contributed by atoms with Crippen molar-refractivity contribution in [3.63, 3.8) is 0 Å². The number of nitriles is 1. The van der Waals surface area contributed by atoms with Gasteiger partial charge in [0.15, 0.2) is 0 Å². The Hall–Kier alpha value is -1.28. The standard InChI is InChI=1S/C9H16N2O3/c1-8(2)11(5-3-4-10)9(13)14-7-6-12/h8,12H,3,5-7H2,1-2H3. The summed E-state index contributed by atoms with van der Waals surface area (Å²) in [5.41, 5.74) is 0. The van der Waals surface area contributed by atoms with E-state index in [0.29, 0.717) is 6.54 Å². The lowest BCUT2D eigenvalue weighted by atomic mass is 10.3. The van der Waals surface area contributed by atoms with Crippen LogP contribution in [0.1, 0.15) is 20.3 Å². The fourth-order valence-corrected chi connectivity index (χ4v) is 0.947. The third-order valence-corrected chi connectivity index (χ3v) is 1.64. The molecule has 0 aromatic heterocycles. The largest absolute Gasteiger partial charge is 0.447 e. The van der Waals surface area contributed by atoms with Crippen molar-refractivity contribution in [1.29, 1.82) is 5.26 Å². The second-order valence-corrected chi connectivity index (χ2v) is 3.03. The van der Waals surface area contributed by atoms with Crippen molar-refractivity contribution in [2.75, 3.05) is 19.8 Å². The minimum atomic E-state index is -0.482. The topological polar surface area (TPSA) is 73.6 Å². The van der Waals surface area contributed by atoms with Gasteiger partial charge in [-0.25, -0.2) is 4.79 Å². The number of aliphatic hydroxyl groups excluding tert-OH is 1. The first kappa shape index (κ1) is 12.7. The van der Waals surface area contributed by atoms with Crippen molar-refractivity contribution >= 4 is 6.09 Å². The molecule has 0 aliphatic heterocycles. The Labute approximate surface area is 83.9 Å². The Bertz CT molecular complexity index is 211. The van der Waals surface area contributed by atoms with Gasteiger partial charge in [0.2, 0.25) is 0 Å². The van der Waals surface area contributed by atoms with Crippen LogP contribution < -0.4 is 0 Å². The molecular weight excluding hydrogens is 184 g/mol. The molecule has 0 bridgehead atoms. The van der Waals surface area contributed by atoms with Crippen molar-refractivity contribution in [3.05, 3.63) is 0 Å². The van der Waals surface area contributed by atoms with E-state index < -0.39 is 6.09 Å². The molecule has 1 N–H and O–H groups in total. The molecule has 1 amide bonds. The Kier molecular flexibility index (Phi) is 6.50. The minimum absolute atomic E-state index is 0.00505. The lowest BCUT2D eigenvalue weighted by Gasteiger charge is -2.24. The maximum atomic E-state index is 11.3. The summed E-state index contributed by atoms with van der Waals surface area (Å²) in [6.45, 7) is 3.86. The summed E-state index contributed by atoms with van der Waals surface area (Å²) in [6.07, 6.45) is -0.198. The summed E-state index contributed by atoms with van der Waals surface area (Å²) < 4.78 is 4.74. The number of carbonyl (C=O) groups is 1. The normalized spacial score (nSPS) is 9.64. The Morgan fingerprint density at radius 1 is 1.64 bits per heavy atom. The van der Waals surface area contributed by atoms with Gasteiger partial charge in [0.1, 0.15) is 6.61 Å². The summed E-state index contributed by atoms with van der Waals surface area (Å²) in [6, 6.07) is 1.96. The van der Waals surface area contributed by atoms with Crippen molar-refractivity contribution in [3.8, 4) is 6.07 Å². The van der Waals surface area contributed by atoms with Crippen LogP contribution in [0, 0.1) is 11.3 Å². The van der Waals surface area contributed by atoms with Crippen LogP contribution in [0.2, 0.25) is 0 Å². The number of nitrogens with zero attached hydrogens (tertiary/aromatic N) is 2. The molecule has 0 saturated carbocycles. The molecule has 0 aliphatic rings. The van der Waals surface area contributed by atoms with Gasteiger partial charge in [0.05, 0.1) is 19.1 Å². The first-order chi connectivity index (χ1) is 6.63. The van der Waals surface area contributed by atoms with Gasteiger partial charge < -0.3 is 14.7 Å². The number of amides is 1. The van der Waals surface area contributed by atoms with Gasteiger partial charge >= 0.3 is 6.09 Å². The number of hydrogen-bond donors (Lipinski definition) is 1. The quantitative estimate of drug-likeness (QED) is 0.710. The van der Waals surface area contributed by atoms with E-state index in [0.717, 1.165) is 0 Å². The number of hydrogen-bond acceptors (Lipinski definition) is 4. The van der Waals surface area contributed by atoms with Crippen LogP contribution in [0.15, 0.2) is 0 Å². The molecule has 5 nitrogen and oxygen atoms in total. The molecule has 0 spiro atoms. The Morgan fingerprint density at radius 2 is 2.29 bits per heavy atom. The van der Waals surface area contributed by atoms with Crippen molar-refractivity contribution in [2.45, 2.75) is 26.3 Å². The molecule has 0 radical (unpaired) electrons. The molecule has 0 saturated heterocycles. The summed E-state index contributed by atoms with van der Waals surface area (Å²) in [4.78, 5) is 12.8. The molecule has 0 aliphatic carbocycles. The van der Waals surface area contributed by atoms with Crippen molar-refractivity contribution in [2.24, 2.45) is 0 Å². The van der Waals surface area contributed by atoms with E-state index in [1.54, 1.807) is 0 Å². The van der Waals surface area contributed by atoms with E-state index in [9.17, 15) is 4.79 Å². The average molecular weight is 200 g/mol. The van der Waals surface area contributed by atoms with Gasteiger partial charge in [0.25, 0.3) is 0 Å². The van der Waals surface area contributed by atoms with Crippen molar-refractivity contribution in [1.82, 2.24) is 4.90 Å². The molecule has 5 heteroatoms. The highest BCUT2D eigenvalue weighted by molar-refractivity contribution is 5.67. The average Bonchev–Trinajstić information content (AvgIpc) is 2.14. The first-order valence-corrected chi connectivity index (χ1v) is 4.54. The van der Waals surface area contributed by atoms with Gasteiger partial charge in [0, 0.05) is 12.6 Å². The number of ether oxygens (including phenoxy) is 1. The fraction of sp³-hybridized carbons (Fsp3) is 0.778. The molecule has 0 aromatic carbocycles. The number of aliphatic hydroxyl groups is 1. The third-order valence-electron chi connectivity index (χ3n) is 1.64. The molecule has 0 aromatic rings. The third kappa shape index (κ3) is 4.67. The predicted octanol–water partition coefficient (Wildman–Crippen LogP) is 0.739. The van der Waals surface area contributed by atoms with Crippen LogP contribution in [0.3, 0.4) is 0 Å². The SMILES string of the molecule is CC(C)N(CCC#N)C(=O)OCCO. The second kappa shape index (κ2) is 7.15. The van der Waals surface area contributed by atoms with Crippen LogP contribution >= 0.6 is 0 Å². The summed E-state index contributed by atoms with van der Waals surface area (Å²) in [5, 5.41) is 16.8. The van der Waals surface area contributed by atoms with Gasteiger partial charge in [-0.1, -0.05) is 0 Å². The molecule has 14 heavy (non-hydrogen) atoms. The number of rotatable bonds is 5. The molecule has 0 atom stereocenters. The molecule has 0 fully saturated rings. The molecular formula is C9H16N2O3. The highest BCUT2D eigenvalue weighted by atomic mass is 16.6. The molecule has 0 unspecified atom stereocenters. The molecule has 0 rings (SSSR count). The van der Waals surface area contributed by atoms with Gasteiger partial charge in [-0.15, -0.1) is 0 Å². The Morgan fingerprint density at radius 3 is 2.71 bits per heavy atom. The van der Waals surface area contributed by atoms with E-state index in [1.165, 1.54) is 4.90 Å². The van der Waals surface area contributed by atoms with E-state index in [2.05, 4.69) is 0 Å². The maximum Gasteiger partial charge on any atom is 0.410 e. The van der Waals surface area contributed by atoms with Crippen molar-refractivity contribution < 1.29 is 14.6 Å². The summed E-state index contributed by atoms with van der Waals surface area (Å²) in [7, 11) is 0. The fourth-order valence-electron chi connectivity index (χ4n) is 0.947. The van der Waals surface area contributed by atoms with Crippen LogP contribution in [-0.4, -0.2) is 41.9 Å². The highest BCUT2D eigenvalue weighted by Crippen LogP contribution is 2.02. The van der Waals surface area contributed by atoms with Gasteiger partial charge in [-0.05, 0) is 13.8 Å². The summed E-state index contributed by atoms with van der Waals surface area (Å²) in [5.74, 6) is 0. The second-order valence-electron chi connectivity index (χ2n) is 3.03. The smallest absolute Gasteiger partial charge is 0.410 e. The van der Waals surface area contributed by atoms with E-state index in [-0.39, 0.29) is 25.7 Å². The number of carbonyl (C=O) groups excluding carboxylic acids is 1. The maximum absolute atomic E-state index is 11.3. The zero-order valence-electron chi connectivity index (χ0n) is 8.56. The van der Waals surface area contributed by atoms with Crippen LogP contribution in [-0.2, 0) is 4.74 Å².